The Morgan fingerprint density at radius 1 is 1.38 bits per heavy atom. The standard InChI is InChI=1S/C17H27N3O/c1-4-18-14(3)15-6-5-7-16(12-15)19-17(21)20-10-8-13(2)9-11-20/h5-7,12-14,18H,4,8-11H2,1-3H3,(H,19,21). The zero-order valence-corrected chi connectivity index (χ0v) is 13.4. The Kier molecular flexibility index (Phi) is 5.62. The van der Waals surface area contributed by atoms with Crippen LogP contribution in [0.5, 0.6) is 0 Å². The van der Waals surface area contributed by atoms with E-state index in [1.54, 1.807) is 0 Å². The molecule has 1 heterocycles. The van der Waals surface area contributed by atoms with Crippen LogP contribution in [0.15, 0.2) is 24.3 Å². The van der Waals surface area contributed by atoms with Gasteiger partial charge >= 0.3 is 6.03 Å². The van der Waals surface area contributed by atoms with E-state index in [0.29, 0.717) is 6.04 Å². The smallest absolute Gasteiger partial charge is 0.321 e. The van der Waals surface area contributed by atoms with Gasteiger partial charge in [0.15, 0.2) is 0 Å². The Morgan fingerprint density at radius 2 is 2.10 bits per heavy atom. The lowest BCUT2D eigenvalue weighted by Gasteiger charge is -2.30. The number of amides is 2. The summed E-state index contributed by atoms with van der Waals surface area (Å²) in [4.78, 5) is 14.2. The van der Waals surface area contributed by atoms with Crippen molar-refractivity contribution in [1.82, 2.24) is 10.2 Å². The molecule has 0 aromatic heterocycles. The Hall–Kier alpha value is -1.55. The van der Waals surface area contributed by atoms with Crippen molar-refractivity contribution in [1.29, 1.82) is 0 Å². The Balaban J connectivity index is 1.96. The molecule has 1 saturated heterocycles. The summed E-state index contributed by atoms with van der Waals surface area (Å²) in [6.07, 6.45) is 2.20. The van der Waals surface area contributed by atoms with Crippen LogP contribution in [0.2, 0.25) is 0 Å². The van der Waals surface area contributed by atoms with Crippen molar-refractivity contribution in [2.45, 2.75) is 39.7 Å². The second kappa shape index (κ2) is 7.46. The van der Waals surface area contributed by atoms with E-state index in [0.717, 1.165) is 44.1 Å². The number of nitrogens with one attached hydrogen (secondary N) is 2. The second-order valence-corrected chi connectivity index (χ2v) is 6.00. The van der Waals surface area contributed by atoms with Gasteiger partial charge in [0, 0.05) is 24.8 Å². The largest absolute Gasteiger partial charge is 0.325 e. The van der Waals surface area contributed by atoms with Gasteiger partial charge in [-0.2, -0.15) is 0 Å². The first-order chi connectivity index (χ1) is 10.1. The molecule has 0 bridgehead atoms. The molecule has 1 fully saturated rings. The third-order valence-corrected chi connectivity index (χ3v) is 4.22. The van der Waals surface area contributed by atoms with Crippen LogP contribution in [-0.4, -0.2) is 30.6 Å². The predicted octanol–water partition coefficient (Wildman–Crippen LogP) is 3.62. The number of hydrogen-bond acceptors (Lipinski definition) is 2. The number of hydrogen-bond donors (Lipinski definition) is 2. The summed E-state index contributed by atoms with van der Waals surface area (Å²) in [5.41, 5.74) is 2.07. The lowest BCUT2D eigenvalue weighted by molar-refractivity contribution is 0.186. The first-order valence-electron chi connectivity index (χ1n) is 7.99. The summed E-state index contributed by atoms with van der Waals surface area (Å²) in [6, 6.07) is 8.41. The SMILES string of the molecule is CCNC(C)c1cccc(NC(=O)N2CCC(C)CC2)c1. The van der Waals surface area contributed by atoms with Gasteiger partial charge in [0.25, 0.3) is 0 Å². The average molecular weight is 289 g/mol. The average Bonchev–Trinajstić information content (AvgIpc) is 2.48. The van der Waals surface area contributed by atoms with Crippen LogP contribution in [0.3, 0.4) is 0 Å². The minimum atomic E-state index is 0.0233. The maximum atomic E-state index is 12.3. The normalized spacial score (nSPS) is 17.6. The fourth-order valence-electron chi connectivity index (χ4n) is 2.72. The van der Waals surface area contributed by atoms with Crippen molar-refractivity contribution in [3.63, 3.8) is 0 Å². The predicted molar refractivity (Wildman–Crippen MR) is 87.5 cm³/mol. The maximum Gasteiger partial charge on any atom is 0.321 e. The van der Waals surface area contributed by atoms with Crippen LogP contribution in [-0.2, 0) is 0 Å². The Bertz CT molecular complexity index is 467. The summed E-state index contributed by atoms with van der Waals surface area (Å²) in [7, 11) is 0. The quantitative estimate of drug-likeness (QED) is 0.889. The van der Waals surface area contributed by atoms with E-state index >= 15 is 0 Å². The molecule has 0 spiro atoms. The third-order valence-electron chi connectivity index (χ3n) is 4.22. The molecule has 4 heteroatoms. The van der Waals surface area contributed by atoms with E-state index in [2.05, 4.69) is 43.5 Å². The molecule has 1 aromatic carbocycles. The van der Waals surface area contributed by atoms with E-state index < -0.39 is 0 Å². The number of rotatable bonds is 4. The molecule has 1 aromatic rings. The highest BCUT2D eigenvalue weighted by Gasteiger charge is 2.20. The van der Waals surface area contributed by atoms with Crippen LogP contribution in [0.4, 0.5) is 10.5 Å². The second-order valence-electron chi connectivity index (χ2n) is 6.00. The fourth-order valence-corrected chi connectivity index (χ4v) is 2.72. The lowest BCUT2D eigenvalue weighted by Crippen LogP contribution is -2.40. The monoisotopic (exact) mass is 289 g/mol. The highest BCUT2D eigenvalue weighted by Crippen LogP contribution is 2.20. The molecule has 1 aliphatic heterocycles. The van der Waals surface area contributed by atoms with Gasteiger partial charge in [0.1, 0.15) is 0 Å². The summed E-state index contributed by atoms with van der Waals surface area (Å²) in [6.45, 7) is 9.14. The van der Waals surface area contributed by atoms with E-state index in [1.807, 2.05) is 17.0 Å². The summed E-state index contributed by atoms with van der Waals surface area (Å²) < 4.78 is 0. The van der Waals surface area contributed by atoms with E-state index in [4.69, 9.17) is 0 Å². The lowest BCUT2D eigenvalue weighted by atomic mass is 10.00. The van der Waals surface area contributed by atoms with Crippen molar-refractivity contribution in [2.24, 2.45) is 5.92 Å². The van der Waals surface area contributed by atoms with Crippen molar-refractivity contribution in [3.8, 4) is 0 Å². The number of carbonyl (C=O) groups is 1. The Labute approximate surface area is 127 Å². The summed E-state index contributed by atoms with van der Waals surface area (Å²) in [5, 5.41) is 6.41. The molecule has 4 nitrogen and oxygen atoms in total. The van der Waals surface area contributed by atoms with Gasteiger partial charge < -0.3 is 15.5 Å². The van der Waals surface area contributed by atoms with Crippen LogP contribution in [0.25, 0.3) is 0 Å². The molecule has 1 aliphatic rings. The van der Waals surface area contributed by atoms with Gasteiger partial charge in [0.2, 0.25) is 0 Å². The zero-order chi connectivity index (χ0) is 15.2. The molecule has 116 valence electrons. The molecule has 2 amide bonds. The topological polar surface area (TPSA) is 44.4 Å². The molecule has 0 saturated carbocycles. The highest BCUT2D eigenvalue weighted by atomic mass is 16.2. The van der Waals surface area contributed by atoms with E-state index in [-0.39, 0.29) is 6.03 Å². The summed E-state index contributed by atoms with van der Waals surface area (Å²) in [5.74, 6) is 0.735. The summed E-state index contributed by atoms with van der Waals surface area (Å²) >= 11 is 0. The third kappa shape index (κ3) is 4.46. The van der Waals surface area contributed by atoms with Crippen LogP contribution < -0.4 is 10.6 Å². The maximum absolute atomic E-state index is 12.3. The van der Waals surface area contributed by atoms with Gasteiger partial charge in [-0.3, -0.25) is 0 Å². The number of piperidine rings is 1. The van der Waals surface area contributed by atoms with E-state index in [1.165, 1.54) is 5.56 Å². The first-order valence-corrected chi connectivity index (χ1v) is 7.99. The number of urea groups is 1. The van der Waals surface area contributed by atoms with Gasteiger partial charge in [-0.1, -0.05) is 26.0 Å². The fraction of sp³-hybridized carbons (Fsp3) is 0.588. The molecular weight excluding hydrogens is 262 g/mol. The van der Waals surface area contributed by atoms with Gasteiger partial charge in [-0.25, -0.2) is 4.79 Å². The molecule has 21 heavy (non-hydrogen) atoms. The van der Waals surface area contributed by atoms with Gasteiger partial charge in [0.05, 0.1) is 0 Å². The van der Waals surface area contributed by atoms with Crippen LogP contribution >= 0.6 is 0 Å². The first kappa shape index (κ1) is 15.8. The number of nitrogens with zero attached hydrogens (tertiary/aromatic N) is 1. The number of likely N-dealkylation sites (tertiary alicyclic amines) is 1. The van der Waals surface area contributed by atoms with Crippen LogP contribution in [0, 0.1) is 5.92 Å². The van der Waals surface area contributed by atoms with E-state index in [9.17, 15) is 4.79 Å². The molecule has 0 radical (unpaired) electrons. The van der Waals surface area contributed by atoms with Crippen molar-refractivity contribution >= 4 is 11.7 Å². The highest BCUT2D eigenvalue weighted by molar-refractivity contribution is 5.89. The molecule has 2 N–H and O–H groups in total. The number of carbonyl (C=O) groups excluding carboxylic acids is 1. The number of anilines is 1. The minimum absolute atomic E-state index is 0.0233. The van der Waals surface area contributed by atoms with Crippen molar-refractivity contribution in [3.05, 3.63) is 29.8 Å². The zero-order valence-electron chi connectivity index (χ0n) is 13.4. The van der Waals surface area contributed by atoms with Crippen molar-refractivity contribution < 1.29 is 4.79 Å². The van der Waals surface area contributed by atoms with Gasteiger partial charge in [-0.15, -0.1) is 0 Å². The van der Waals surface area contributed by atoms with Crippen molar-refractivity contribution in [2.75, 3.05) is 25.0 Å². The molecule has 1 atom stereocenters. The number of benzene rings is 1. The molecular formula is C17H27N3O. The minimum Gasteiger partial charge on any atom is -0.325 e. The molecule has 1 unspecified atom stereocenters. The Morgan fingerprint density at radius 3 is 2.76 bits per heavy atom. The molecule has 2 rings (SSSR count). The van der Waals surface area contributed by atoms with Crippen LogP contribution in [0.1, 0.15) is 45.2 Å². The van der Waals surface area contributed by atoms with Gasteiger partial charge in [-0.05, 0) is 49.9 Å². The molecule has 0 aliphatic carbocycles.